The van der Waals surface area contributed by atoms with E-state index in [1.54, 1.807) is 0 Å². The van der Waals surface area contributed by atoms with Gasteiger partial charge in [-0.2, -0.15) is 0 Å². The Hall–Kier alpha value is -0.570. The lowest BCUT2D eigenvalue weighted by atomic mass is 10.1. The van der Waals surface area contributed by atoms with E-state index >= 15 is 0 Å². The lowest BCUT2D eigenvalue weighted by molar-refractivity contribution is -0.135. The van der Waals surface area contributed by atoms with Gasteiger partial charge in [-0.1, -0.05) is 47.3 Å². The Balaban J connectivity index is 3.56. The van der Waals surface area contributed by atoms with E-state index in [4.69, 9.17) is 0 Å². The Morgan fingerprint density at radius 2 is 1.76 bits per heavy atom. The van der Waals surface area contributed by atoms with Gasteiger partial charge in [0.1, 0.15) is 0 Å². The molecule has 0 aromatic rings. The van der Waals surface area contributed by atoms with Crippen LogP contribution in [-0.2, 0) is 9.53 Å². The van der Waals surface area contributed by atoms with Gasteiger partial charge >= 0.3 is 5.97 Å². The van der Waals surface area contributed by atoms with Crippen LogP contribution in [-0.4, -0.2) is 18.4 Å². The van der Waals surface area contributed by atoms with Gasteiger partial charge in [-0.15, -0.1) is 6.58 Å². The van der Waals surface area contributed by atoms with Crippen LogP contribution in [0, 0.1) is 0 Å². The fourth-order valence-corrected chi connectivity index (χ4v) is 2.02. The van der Waals surface area contributed by atoms with Crippen molar-refractivity contribution in [3.63, 3.8) is 0 Å². The third-order valence-electron chi connectivity index (χ3n) is 2.59. The smallest absolute Gasteiger partial charge is 0.334 e. The molecule has 0 atom stereocenters. The minimum absolute atomic E-state index is 0.229. The van der Waals surface area contributed by atoms with Crippen molar-refractivity contribution in [3.8, 4) is 0 Å². The number of unbranched alkanes of at least 4 members (excludes halogenated alkanes) is 6. The van der Waals surface area contributed by atoms with Crippen LogP contribution in [0.1, 0.15) is 44.9 Å². The molecular weight excluding hydrogens is 280 g/mol. The van der Waals surface area contributed by atoms with Crippen LogP contribution in [0.2, 0.25) is 0 Å². The van der Waals surface area contributed by atoms with E-state index in [9.17, 15) is 4.79 Å². The van der Waals surface area contributed by atoms with Gasteiger partial charge in [0.2, 0.25) is 0 Å². The molecule has 0 rings (SSSR count). The van der Waals surface area contributed by atoms with E-state index in [1.807, 2.05) is 12.2 Å². The number of halogens is 1. The molecule has 2 nitrogen and oxygen atoms in total. The predicted octanol–water partition coefficient (Wildman–Crippen LogP) is 4.40. The van der Waals surface area contributed by atoms with Gasteiger partial charge in [0.05, 0.1) is 7.11 Å². The highest BCUT2D eigenvalue weighted by atomic mass is 79.9. The molecule has 0 unspecified atom stereocenters. The Kier molecular flexibility index (Phi) is 11.5. The van der Waals surface area contributed by atoms with Crippen LogP contribution in [0.5, 0.6) is 0 Å². The summed E-state index contributed by atoms with van der Waals surface area (Å²) in [4.78, 5) is 11.3. The van der Waals surface area contributed by atoms with E-state index in [1.165, 1.54) is 32.8 Å². The van der Waals surface area contributed by atoms with Gasteiger partial charge in [-0.3, -0.25) is 0 Å². The molecule has 0 saturated heterocycles. The number of rotatable bonds is 10. The van der Waals surface area contributed by atoms with Gasteiger partial charge in [0.25, 0.3) is 0 Å². The van der Waals surface area contributed by atoms with Crippen LogP contribution in [0.4, 0.5) is 0 Å². The minimum atomic E-state index is -0.229. The van der Waals surface area contributed by atoms with Crippen LogP contribution >= 0.6 is 15.9 Å². The molecule has 3 heteroatoms. The number of carbonyl (C=O) groups excluding carboxylic acids is 1. The molecule has 17 heavy (non-hydrogen) atoms. The number of allylic oxidation sites excluding steroid dienone is 2. The van der Waals surface area contributed by atoms with Crippen molar-refractivity contribution in [1.82, 2.24) is 0 Å². The van der Waals surface area contributed by atoms with Crippen molar-refractivity contribution in [2.45, 2.75) is 44.9 Å². The van der Waals surface area contributed by atoms with E-state index in [2.05, 4.69) is 27.2 Å². The molecule has 0 heterocycles. The first-order chi connectivity index (χ1) is 8.26. The normalized spacial score (nSPS) is 11.3. The largest absolute Gasteiger partial charge is 0.466 e. The van der Waals surface area contributed by atoms with E-state index < -0.39 is 0 Å². The molecule has 0 radical (unpaired) electrons. The molecule has 0 aliphatic carbocycles. The van der Waals surface area contributed by atoms with Gasteiger partial charge < -0.3 is 4.74 Å². The summed E-state index contributed by atoms with van der Waals surface area (Å²) in [6.45, 7) is 3.71. The van der Waals surface area contributed by atoms with E-state index in [0.717, 1.165) is 24.8 Å². The molecule has 0 aromatic carbocycles. The SMILES string of the molecule is C=CCCCCCCC/C=C(\CBr)C(=O)OC. The van der Waals surface area contributed by atoms with Crippen LogP contribution < -0.4 is 0 Å². The summed E-state index contributed by atoms with van der Waals surface area (Å²) in [5.74, 6) is -0.229. The molecular formula is C14H23BrO2. The fourth-order valence-electron chi connectivity index (χ4n) is 1.56. The zero-order chi connectivity index (χ0) is 12.9. The second kappa shape index (κ2) is 11.9. The lowest BCUT2D eigenvalue weighted by Crippen LogP contribution is -2.05. The van der Waals surface area contributed by atoms with E-state index in [-0.39, 0.29) is 5.97 Å². The van der Waals surface area contributed by atoms with Gasteiger partial charge in [0, 0.05) is 10.9 Å². The Labute approximate surface area is 113 Å². The molecule has 0 aromatic heterocycles. The highest BCUT2D eigenvalue weighted by molar-refractivity contribution is 9.09. The van der Waals surface area contributed by atoms with Crippen molar-refractivity contribution in [3.05, 3.63) is 24.3 Å². The second-order valence-corrected chi connectivity index (χ2v) is 4.55. The maximum atomic E-state index is 11.3. The van der Waals surface area contributed by atoms with Crippen LogP contribution in [0.25, 0.3) is 0 Å². The number of hydrogen-bond donors (Lipinski definition) is 0. The Morgan fingerprint density at radius 1 is 1.18 bits per heavy atom. The molecule has 0 spiro atoms. The summed E-state index contributed by atoms with van der Waals surface area (Å²) in [6.07, 6.45) is 12.2. The van der Waals surface area contributed by atoms with Crippen LogP contribution in [0.15, 0.2) is 24.3 Å². The molecule has 0 amide bonds. The molecule has 0 bridgehead atoms. The Morgan fingerprint density at radius 3 is 2.29 bits per heavy atom. The molecule has 0 aliphatic heterocycles. The summed E-state index contributed by atoms with van der Waals surface area (Å²) < 4.78 is 4.68. The van der Waals surface area contributed by atoms with Gasteiger partial charge in [-0.05, 0) is 25.7 Å². The fraction of sp³-hybridized carbons (Fsp3) is 0.643. The molecule has 0 saturated carbocycles. The van der Waals surface area contributed by atoms with Crippen molar-refractivity contribution in [2.75, 3.05) is 12.4 Å². The topological polar surface area (TPSA) is 26.3 Å². The third-order valence-corrected chi connectivity index (χ3v) is 3.20. The van der Waals surface area contributed by atoms with Gasteiger partial charge in [-0.25, -0.2) is 4.79 Å². The van der Waals surface area contributed by atoms with Crippen molar-refractivity contribution in [1.29, 1.82) is 0 Å². The molecule has 0 N–H and O–H groups in total. The monoisotopic (exact) mass is 302 g/mol. The number of ether oxygens (including phenoxy) is 1. The first-order valence-corrected chi connectivity index (χ1v) is 7.32. The average Bonchev–Trinajstić information content (AvgIpc) is 2.36. The van der Waals surface area contributed by atoms with Gasteiger partial charge in [0.15, 0.2) is 0 Å². The zero-order valence-corrected chi connectivity index (χ0v) is 12.3. The summed E-state index contributed by atoms with van der Waals surface area (Å²) >= 11 is 3.29. The second-order valence-electron chi connectivity index (χ2n) is 3.99. The zero-order valence-electron chi connectivity index (χ0n) is 10.7. The predicted molar refractivity (Wildman–Crippen MR) is 76.4 cm³/mol. The summed E-state index contributed by atoms with van der Waals surface area (Å²) in [5.41, 5.74) is 0.721. The Bertz CT molecular complexity index is 247. The number of carbonyl (C=O) groups is 1. The summed E-state index contributed by atoms with van der Waals surface area (Å²) in [6, 6.07) is 0. The molecule has 0 aliphatic rings. The summed E-state index contributed by atoms with van der Waals surface area (Å²) in [5, 5.41) is 0.568. The molecule has 0 fully saturated rings. The number of esters is 1. The lowest BCUT2D eigenvalue weighted by Gasteiger charge is -2.02. The number of methoxy groups -OCH3 is 1. The molecule has 98 valence electrons. The number of hydrogen-bond acceptors (Lipinski definition) is 2. The van der Waals surface area contributed by atoms with Crippen molar-refractivity contribution >= 4 is 21.9 Å². The maximum Gasteiger partial charge on any atom is 0.334 e. The highest BCUT2D eigenvalue weighted by Gasteiger charge is 2.06. The third kappa shape index (κ3) is 9.16. The van der Waals surface area contributed by atoms with Crippen molar-refractivity contribution < 1.29 is 9.53 Å². The first-order valence-electron chi connectivity index (χ1n) is 6.20. The standard InChI is InChI=1S/C14H23BrO2/c1-3-4-5-6-7-8-9-10-11-13(12-15)14(16)17-2/h3,11H,1,4-10,12H2,2H3/b13-11+. The maximum absolute atomic E-state index is 11.3. The van der Waals surface area contributed by atoms with Crippen LogP contribution in [0.3, 0.4) is 0 Å². The summed E-state index contributed by atoms with van der Waals surface area (Å²) in [7, 11) is 1.42. The first kappa shape index (κ1) is 16.4. The highest BCUT2D eigenvalue weighted by Crippen LogP contribution is 2.10. The number of alkyl halides is 1. The van der Waals surface area contributed by atoms with E-state index in [0.29, 0.717) is 5.33 Å². The minimum Gasteiger partial charge on any atom is -0.466 e. The van der Waals surface area contributed by atoms with Crippen molar-refractivity contribution in [2.24, 2.45) is 0 Å². The quantitative estimate of drug-likeness (QED) is 0.197. The average molecular weight is 303 g/mol.